The van der Waals surface area contributed by atoms with Crippen LogP contribution >= 0.6 is 15.9 Å². The molecule has 0 spiro atoms. The Morgan fingerprint density at radius 3 is 2.89 bits per heavy atom. The predicted molar refractivity (Wildman–Crippen MR) is 67.9 cm³/mol. The van der Waals surface area contributed by atoms with Crippen molar-refractivity contribution in [1.29, 1.82) is 0 Å². The van der Waals surface area contributed by atoms with Crippen LogP contribution in [-0.4, -0.2) is 40.0 Å². The van der Waals surface area contributed by atoms with Gasteiger partial charge in [-0.2, -0.15) is 0 Å². The molecule has 1 aromatic rings. The Hall–Kier alpha value is -1.08. The summed E-state index contributed by atoms with van der Waals surface area (Å²) >= 11 is 3.24. The number of likely N-dealkylation sites (tertiary alicyclic amines) is 1. The van der Waals surface area contributed by atoms with Crippen molar-refractivity contribution in [3.05, 3.63) is 28.5 Å². The van der Waals surface area contributed by atoms with Gasteiger partial charge in [0.05, 0.1) is 18.2 Å². The number of aliphatic carboxylic acids is 1. The molecule has 0 radical (unpaired) electrons. The Kier molecular flexibility index (Phi) is 4.15. The van der Waals surface area contributed by atoms with E-state index in [9.17, 15) is 13.6 Å². The molecule has 0 amide bonds. The van der Waals surface area contributed by atoms with Crippen LogP contribution < -0.4 is 0 Å². The molecule has 1 aliphatic rings. The fourth-order valence-corrected chi connectivity index (χ4v) is 2.44. The van der Waals surface area contributed by atoms with E-state index in [1.165, 1.54) is 4.90 Å². The lowest BCUT2D eigenvalue weighted by molar-refractivity contribution is -0.153. The maximum atomic E-state index is 13.5. The van der Waals surface area contributed by atoms with Crippen molar-refractivity contribution in [3.63, 3.8) is 0 Å². The molecule has 1 N–H and O–H groups in total. The number of halogens is 3. The van der Waals surface area contributed by atoms with Crippen molar-refractivity contribution in [2.45, 2.75) is 18.9 Å². The molecule has 1 unspecified atom stereocenters. The topological polar surface area (TPSA) is 53.4 Å². The van der Waals surface area contributed by atoms with Crippen LogP contribution in [0.5, 0.6) is 0 Å². The zero-order valence-electron chi connectivity index (χ0n) is 10.0. The van der Waals surface area contributed by atoms with Gasteiger partial charge in [-0.1, -0.05) is 0 Å². The van der Waals surface area contributed by atoms with E-state index in [4.69, 9.17) is 5.11 Å². The maximum Gasteiger partial charge on any atom is 0.308 e. The largest absolute Gasteiger partial charge is 0.481 e. The van der Waals surface area contributed by atoms with Crippen molar-refractivity contribution in [1.82, 2.24) is 9.88 Å². The van der Waals surface area contributed by atoms with Crippen LogP contribution in [0.15, 0.2) is 22.8 Å². The number of carboxylic acid groups (broad SMARTS) is 1. The Morgan fingerprint density at radius 1 is 1.58 bits per heavy atom. The zero-order valence-corrected chi connectivity index (χ0v) is 11.6. The number of alkyl halides is 2. The third-order valence-electron chi connectivity index (χ3n) is 3.00. The second-order valence-electron chi connectivity index (χ2n) is 4.73. The summed E-state index contributed by atoms with van der Waals surface area (Å²) in [6, 6.07) is 3.51. The lowest BCUT2D eigenvalue weighted by Gasteiger charge is -2.35. The first-order valence-corrected chi connectivity index (χ1v) is 6.58. The van der Waals surface area contributed by atoms with E-state index in [1.807, 2.05) is 0 Å². The Bertz CT molecular complexity index is 467. The quantitative estimate of drug-likeness (QED) is 0.922. The van der Waals surface area contributed by atoms with Crippen molar-refractivity contribution in [3.8, 4) is 0 Å². The summed E-state index contributed by atoms with van der Waals surface area (Å²) in [6.45, 7) is -0.0656. The van der Waals surface area contributed by atoms with E-state index in [0.29, 0.717) is 5.69 Å². The second kappa shape index (κ2) is 5.50. The number of carboxylic acids is 1. The number of hydrogen-bond acceptors (Lipinski definition) is 3. The highest BCUT2D eigenvalue weighted by atomic mass is 79.9. The number of aromatic nitrogens is 1. The van der Waals surface area contributed by atoms with Gasteiger partial charge in [-0.15, -0.1) is 0 Å². The fourth-order valence-electron chi connectivity index (χ4n) is 2.21. The normalized spacial score (nSPS) is 23.2. The number of hydrogen-bond donors (Lipinski definition) is 1. The average Bonchev–Trinajstić information content (AvgIpc) is 2.30. The minimum atomic E-state index is -2.96. The highest BCUT2D eigenvalue weighted by molar-refractivity contribution is 9.10. The van der Waals surface area contributed by atoms with E-state index in [0.717, 1.165) is 4.47 Å². The summed E-state index contributed by atoms with van der Waals surface area (Å²) in [4.78, 5) is 16.5. The molecule has 4 nitrogen and oxygen atoms in total. The first-order valence-electron chi connectivity index (χ1n) is 5.79. The van der Waals surface area contributed by atoms with E-state index >= 15 is 0 Å². The molecule has 0 bridgehead atoms. The van der Waals surface area contributed by atoms with Gasteiger partial charge >= 0.3 is 5.97 Å². The minimum absolute atomic E-state index is 0.128. The van der Waals surface area contributed by atoms with Crippen molar-refractivity contribution >= 4 is 21.9 Å². The summed E-state index contributed by atoms with van der Waals surface area (Å²) in [5.74, 6) is -5.16. The summed E-state index contributed by atoms with van der Waals surface area (Å²) in [7, 11) is 0. The van der Waals surface area contributed by atoms with Gasteiger partial charge < -0.3 is 5.11 Å². The molecular formula is C12H13BrF2N2O2. The van der Waals surface area contributed by atoms with Gasteiger partial charge in [0, 0.05) is 30.2 Å². The Balaban J connectivity index is 2.06. The van der Waals surface area contributed by atoms with Gasteiger partial charge in [-0.3, -0.25) is 14.7 Å². The van der Waals surface area contributed by atoms with Gasteiger partial charge in [0.2, 0.25) is 0 Å². The molecule has 1 fully saturated rings. The van der Waals surface area contributed by atoms with Crippen molar-refractivity contribution in [2.75, 3.05) is 13.1 Å². The van der Waals surface area contributed by atoms with Crippen molar-refractivity contribution in [2.24, 2.45) is 5.92 Å². The fraction of sp³-hybridized carbons (Fsp3) is 0.500. The lowest BCUT2D eigenvalue weighted by Crippen LogP contribution is -2.48. The van der Waals surface area contributed by atoms with E-state index in [1.54, 1.807) is 18.3 Å². The second-order valence-corrected chi connectivity index (χ2v) is 5.65. The zero-order chi connectivity index (χ0) is 14.0. The molecule has 2 rings (SSSR count). The number of rotatable bonds is 3. The van der Waals surface area contributed by atoms with Gasteiger partial charge in [0.1, 0.15) is 0 Å². The van der Waals surface area contributed by atoms with Crippen molar-refractivity contribution < 1.29 is 18.7 Å². The lowest BCUT2D eigenvalue weighted by atomic mass is 9.95. The molecule has 1 atom stereocenters. The maximum absolute atomic E-state index is 13.5. The van der Waals surface area contributed by atoms with E-state index in [2.05, 4.69) is 20.9 Å². The molecule has 1 saturated heterocycles. The molecule has 0 aromatic carbocycles. The van der Waals surface area contributed by atoms with Crippen LogP contribution in [-0.2, 0) is 11.3 Å². The van der Waals surface area contributed by atoms with E-state index < -0.39 is 30.8 Å². The third kappa shape index (κ3) is 3.94. The Labute approximate surface area is 117 Å². The van der Waals surface area contributed by atoms with Gasteiger partial charge in [0.15, 0.2) is 0 Å². The smallest absolute Gasteiger partial charge is 0.308 e. The number of carbonyl (C=O) groups is 1. The van der Waals surface area contributed by atoms with Gasteiger partial charge in [0.25, 0.3) is 5.92 Å². The number of nitrogens with zero attached hydrogens (tertiary/aromatic N) is 2. The molecule has 1 aromatic heterocycles. The molecule has 2 heterocycles. The van der Waals surface area contributed by atoms with Crippen LogP contribution in [0.1, 0.15) is 12.1 Å². The molecule has 19 heavy (non-hydrogen) atoms. The first kappa shape index (κ1) is 14.3. The minimum Gasteiger partial charge on any atom is -0.481 e. The highest BCUT2D eigenvalue weighted by Gasteiger charge is 2.42. The summed E-state index contributed by atoms with van der Waals surface area (Å²) < 4.78 is 27.8. The summed E-state index contributed by atoms with van der Waals surface area (Å²) in [6.07, 6.45) is 0.999. The summed E-state index contributed by atoms with van der Waals surface area (Å²) in [5.41, 5.74) is 0.644. The standard InChI is InChI=1S/C12H13BrF2N2O2/c13-9-1-2-10(16-4-9)6-17-5-8(11(18)19)3-12(14,15)7-17/h1-2,4,8H,3,5-7H2,(H,18,19). The van der Waals surface area contributed by atoms with Gasteiger partial charge in [-0.05, 0) is 28.1 Å². The van der Waals surface area contributed by atoms with Crippen LogP contribution in [0.3, 0.4) is 0 Å². The van der Waals surface area contributed by atoms with Gasteiger partial charge in [-0.25, -0.2) is 8.78 Å². The van der Waals surface area contributed by atoms with Crippen LogP contribution in [0.25, 0.3) is 0 Å². The van der Waals surface area contributed by atoms with Crippen LogP contribution in [0, 0.1) is 5.92 Å². The predicted octanol–water partition coefficient (Wildman–Crippen LogP) is 2.39. The first-order chi connectivity index (χ1) is 8.85. The van der Waals surface area contributed by atoms with Crippen LogP contribution in [0.4, 0.5) is 8.78 Å². The van der Waals surface area contributed by atoms with E-state index in [-0.39, 0.29) is 13.1 Å². The average molecular weight is 335 g/mol. The SMILES string of the molecule is O=C(O)C1CN(Cc2ccc(Br)cn2)CC(F)(F)C1. The molecule has 104 valence electrons. The Morgan fingerprint density at radius 2 is 2.32 bits per heavy atom. The molecule has 0 saturated carbocycles. The number of piperidine rings is 1. The molecule has 7 heteroatoms. The molecule has 1 aliphatic heterocycles. The number of pyridine rings is 1. The van der Waals surface area contributed by atoms with Crippen LogP contribution in [0.2, 0.25) is 0 Å². The molecule has 0 aliphatic carbocycles. The highest BCUT2D eigenvalue weighted by Crippen LogP contribution is 2.31. The third-order valence-corrected chi connectivity index (χ3v) is 3.47. The molecular weight excluding hydrogens is 322 g/mol. The monoisotopic (exact) mass is 334 g/mol. The summed E-state index contributed by atoms with van der Waals surface area (Å²) in [5, 5.41) is 8.91.